The molecule has 1 unspecified atom stereocenters. The van der Waals surface area contributed by atoms with Gasteiger partial charge in [0.2, 0.25) is 0 Å². The van der Waals surface area contributed by atoms with Crippen LogP contribution in [-0.4, -0.2) is 38.7 Å². The zero-order valence-corrected chi connectivity index (χ0v) is 10.3. The molecule has 1 aliphatic heterocycles. The maximum Gasteiger partial charge on any atom is 0.123 e. The van der Waals surface area contributed by atoms with E-state index in [0.717, 1.165) is 25.4 Å². The van der Waals surface area contributed by atoms with E-state index in [0.29, 0.717) is 0 Å². The molecule has 1 fully saturated rings. The van der Waals surface area contributed by atoms with Crippen LogP contribution in [0.2, 0.25) is 0 Å². The molecule has 3 nitrogen and oxygen atoms in total. The predicted molar refractivity (Wildman–Crippen MR) is 65.8 cm³/mol. The maximum atomic E-state index is 5.46. The predicted octanol–water partition coefficient (Wildman–Crippen LogP) is 1.45. The van der Waals surface area contributed by atoms with Crippen LogP contribution in [0.25, 0.3) is 0 Å². The number of hydrogen-bond donors (Lipinski definition) is 1. The molecule has 1 atom stereocenters. The fourth-order valence-electron chi connectivity index (χ4n) is 2.35. The third kappa shape index (κ3) is 1.81. The number of benzene rings is 1. The van der Waals surface area contributed by atoms with Crippen molar-refractivity contribution in [2.75, 3.05) is 33.8 Å². The molecule has 1 N–H and O–H groups in total. The van der Waals surface area contributed by atoms with Crippen LogP contribution in [0.15, 0.2) is 24.3 Å². The van der Waals surface area contributed by atoms with Crippen LogP contribution in [-0.2, 0) is 5.54 Å². The highest BCUT2D eigenvalue weighted by Crippen LogP contribution is 2.34. The van der Waals surface area contributed by atoms with Gasteiger partial charge in [0, 0.05) is 25.2 Å². The Morgan fingerprint density at radius 3 is 2.81 bits per heavy atom. The molecule has 1 aromatic rings. The van der Waals surface area contributed by atoms with Crippen LogP contribution in [0.3, 0.4) is 0 Å². The molecule has 0 amide bonds. The Labute approximate surface area is 97.4 Å². The molecular weight excluding hydrogens is 200 g/mol. The second-order valence-corrected chi connectivity index (χ2v) is 4.57. The van der Waals surface area contributed by atoms with Gasteiger partial charge in [0.15, 0.2) is 0 Å². The molecule has 2 rings (SSSR count). The van der Waals surface area contributed by atoms with Gasteiger partial charge in [0.05, 0.1) is 12.6 Å². The van der Waals surface area contributed by atoms with Crippen LogP contribution in [0, 0.1) is 0 Å². The zero-order chi connectivity index (χ0) is 11.6. The highest BCUT2D eigenvalue weighted by molar-refractivity contribution is 5.39. The number of methoxy groups -OCH3 is 1. The van der Waals surface area contributed by atoms with Gasteiger partial charge in [-0.1, -0.05) is 18.2 Å². The normalized spacial score (nSPS) is 26.7. The summed E-state index contributed by atoms with van der Waals surface area (Å²) in [6, 6.07) is 8.28. The molecule has 0 aromatic heterocycles. The standard InChI is InChI=1S/C13H20N2O/c1-13(10-14-8-9-15(13)2)11-6-4-5-7-12(11)16-3/h4-7,14H,8-10H2,1-3H3. The first-order valence-corrected chi connectivity index (χ1v) is 5.74. The smallest absolute Gasteiger partial charge is 0.123 e. The molecular formula is C13H20N2O. The van der Waals surface area contributed by atoms with Gasteiger partial charge in [-0.2, -0.15) is 0 Å². The molecule has 0 radical (unpaired) electrons. The lowest BCUT2D eigenvalue weighted by atomic mass is 9.88. The number of ether oxygens (including phenoxy) is 1. The second-order valence-electron chi connectivity index (χ2n) is 4.57. The molecule has 0 saturated carbocycles. The number of nitrogens with one attached hydrogen (secondary N) is 1. The van der Waals surface area contributed by atoms with Crippen molar-refractivity contribution in [2.45, 2.75) is 12.5 Å². The molecule has 0 bridgehead atoms. The monoisotopic (exact) mass is 220 g/mol. The van der Waals surface area contributed by atoms with Crippen molar-refractivity contribution in [2.24, 2.45) is 0 Å². The molecule has 16 heavy (non-hydrogen) atoms. The average molecular weight is 220 g/mol. The van der Waals surface area contributed by atoms with Crippen molar-refractivity contribution in [3.63, 3.8) is 0 Å². The van der Waals surface area contributed by atoms with E-state index in [1.54, 1.807) is 7.11 Å². The van der Waals surface area contributed by atoms with Crippen LogP contribution in [0.5, 0.6) is 5.75 Å². The first-order chi connectivity index (χ1) is 7.68. The van der Waals surface area contributed by atoms with Gasteiger partial charge in [-0.25, -0.2) is 0 Å². The molecule has 3 heteroatoms. The summed E-state index contributed by atoms with van der Waals surface area (Å²) in [6.45, 7) is 5.34. The Morgan fingerprint density at radius 2 is 2.12 bits per heavy atom. The van der Waals surface area contributed by atoms with Gasteiger partial charge in [-0.15, -0.1) is 0 Å². The lowest BCUT2D eigenvalue weighted by molar-refractivity contribution is 0.101. The topological polar surface area (TPSA) is 24.5 Å². The summed E-state index contributed by atoms with van der Waals surface area (Å²) >= 11 is 0. The summed E-state index contributed by atoms with van der Waals surface area (Å²) in [6.07, 6.45) is 0. The minimum absolute atomic E-state index is 0.0187. The van der Waals surface area contributed by atoms with E-state index >= 15 is 0 Å². The Balaban J connectivity index is 2.40. The lowest BCUT2D eigenvalue weighted by Gasteiger charge is -2.43. The highest BCUT2D eigenvalue weighted by atomic mass is 16.5. The minimum atomic E-state index is 0.0187. The molecule has 1 saturated heterocycles. The first-order valence-electron chi connectivity index (χ1n) is 5.74. The Bertz CT molecular complexity index is 367. The number of hydrogen-bond acceptors (Lipinski definition) is 3. The number of likely N-dealkylation sites (N-methyl/N-ethyl adjacent to an activating group) is 1. The van der Waals surface area contributed by atoms with E-state index in [4.69, 9.17) is 4.74 Å². The van der Waals surface area contributed by atoms with E-state index in [9.17, 15) is 0 Å². The molecule has 88 valence electrons. The number of nitrogens with zero attached hydrogens (tertiary/aromatic N) is 1. The molecule has 1 heterocycles. The molecule has 0 spiro atoms. The van der Waals surface area contributed by atoms with Gasteiger partial charge < -0.3 is 10.1 Å². The highest BCUT2D eigenvalue weighted by Gasteiger charge is 2.35. The summed E-state index contributed by atoms with van der Waals surface area (Å²) in [7, 11) is 3.91. The second kappa shape index (κ2) is 4.44. The summed E-state index contributed by atoms with van der Waals surface area (Å²) < 4.78 is 5.46. The van der Waals surface area contributed by atoms with Crippen molar-refractivity contribution < 1.29 is 4.74 Å². The van der Waals surface area contributed by atoms with Crippen molar-refractivity contribution in [1.29, 1.82) is 0 Å². The van der Waals surface area contributed by atoms with Crippen molar-refractivity contribution in [3.8, 4) is 5.75 Å². The third-order valence-corrected chi connectivity index (χ3v) is 3.62. The maximum absolute atomic E-state index is 5.46. The number of rotatable bonds is 2. The lowest BCUT2D eigenvalue weighted by Crippen LogP contribution is -2.55. The van der Waals surface area contributed by atoms with Crippen LogP contribution < -0.4 is 10.1 Å². The minimum Gasteiger partial charge on any atom is -0.496 e. The van der Waals surface area contributed by atoms with Crippen molar-refractivity contribution in [1.82, 2.24) is 10.2 Å². The summed E-state index contributed by atoms with van der Waals surface area (Å²) in [5.74, 6) is 0.973. The quantitative estimate of drug-likeness (QED) is 0.816. The van der Waals surface area contributed by atoms with E-state index < -0.39 is 0 Å². The number of para-hydroxylation sites is 1. The largest absolute Gasteiger partial charge is 0.496 e. The van der Waals surface area contributed by atoms with Crippen LogP contribution in [0.4, 0.5) is 0 Å². The number of piperazine rings is 1. The SMILES string of the molecule is COc1ccccc1C1(C)CNCCN1C. The summed E-state index contributed by atoms with van der Waals surface area (Å²) in [5.41, 5.74) is 1.28. The van der Waals surface area contributed by atoms with Crippen LogP contribution in [0.1, 0.15) is 12.5 Å². The zero-order valence-electron chi connectivity index (χ0n) is 10.3. The third-order valence-electron chi connectivity index (χ3n) is 3.62. The van der Waals surface area contributed by atoms with Gasteiger partial charge in [-0.05, 0) is 20.0 Å². The fourth-order valence-corrected chi connectivity index (χ4v) is 2.35. The Hall–Kier alpha value is -1.06. The summed E-state index contributed by atoms with van der Waals surface area (Å²) in [4.78, 5) is 2.39. The van der Waals surface area contributed by atoms with E-state index in [1.807, 2.05) is 12.1 Å². The molecule has 1 aromatic carbocycles. The van der Waals surface area contributed by atoms with E-state index in [2.05, 4.69) is 36.3 Å². The van der Waals surface area contributed by atoms with Gasteiger partial charge >= 0.3 is 0 Å². The van der Waals surface area contributed by atoms with Crippen molar-refractivity contribution >= 4 is 0 Å². The van der Waals surface area contributed by atoms with Gasteiger partial charge in [-0.3, -0.25) is 4.90 Å². The van der Waals surface area contributed by atoms with Gasteiger partial charge in [0.1, 0.15) is 5.75 Å². The fraction of sp³-hybridized carbons (Fsp3) is 0.538. The molecule has 1 aliphatic rings. The van der Waals surface area contributed by atoms with Crippen LogP contribution >= 0.6 is 0 Å². The summed E-state index contributed by atoms with van der Waals surface area (Å²) in [5, 5.41) is 3.46. The Morgan fingerprint density at radius 1 is 1.38 bits per heavy atom. The van der Waals surface area contributed by atoms with E-state index in [-0.39, 0.29) is 5.54 Å². The average Bonchev–Trinajstić information content (AvgIpc) is 2.33. The van der Waals surface area contributed by atoms with E-state index in [1.165, 1.54) is 5.56 Å². The first kappa shape index (κ1) is 11.4. The molecule has 0 aliphatic carbocycles. The Kier molecular flexibility index (Phi) is 3.17. The van der Waals surface area contributed by atoms with Gasteiger partial charge in [0.25, 0.3) is 0 Å². The van der Waals surface area contributed by atoms with Crippen molar-refractivity contribution in [3.05, 3.63) is 29.8 Å².